The Bertz CT molecular complexity index is 338. The molecule has 1 rings (SSSR count). The first-order valence-corrected chi connectivity index (χ1v) is 6.28. The molecular weight excluding hydrogens is 214 g/mol. The molecule has 0 amide bonds. The molecule has 3 heteroatoms. The number of aliphatic hydroxyl groups excluding tert-OH is 1. The number of rotatable bonds is 5. The standard InChI is InChI=1S/C14H25NO2/c1-10-6-7-12(17-10)11(2)15-13(8-9-16)14(3,4)5/h6-7,11,13,15-16H,8-9H2,1-5H3. The molecule has 0 aliphatic rings. The van der Waals surface area contributed by atoms with Gasteiger partial charge in [0.1, 0.15) is 11.5 Å². The number of hydrogen-bond acceptors (Lipinski definition) is 3. The highest BCUT2D eigenvalue weighted by atomic mass is 16.3. The first kappa shape index (κ1) is 14.3. The van der Waals surface area contributed by atoms with Crippen molar-refractivity contribution in [1.82, 2.24) is 5.32 Å². The molecule has 1 aromatic heterocycles. The van der Waals surface area contributed by atoms with E-state index in [0.717, 1.165) is 17.9 Å². The number of furan rings is 1. The second kappa shape index (κ2) is 5.69. The molecule has 0 saturated carbocycles. The molecule has 3 nitrogen and oxygen atoms in total. The van der Waals surface area contributed by atoms with Gasteiger partial charge < -0.3 is 14.8 Å². The lowest BCUT2D eigenvalue weighted by atomic mass is 9.84. The Balaban J connectivity index is 2.67. The van der Waals surface area contributed by atoms with Gasteiger partial charge in [0.15, 0.2) is 0 Å². The smallest absolute Gasteiger partial charge is 0.120 e. The zero-order chi connectivity index (χ0) is 13.1. The van der Waals surface area contributed by atoms with Gasteiger partial charge in [-0.05, 0) is 37.8 Å². The van der Waals surface area contributed by atoms with E-state index in [1.54, 1.807) is 0 Å². The molecule has 0 aliphatic heterocycles. The van der Waals surface area contributed by atoms with E-state index in [1.807, 2.05) is 19.1 Å². The fourth-order valence-electron chi connectivity index (χ4n) is 1.97. The van der Waals surface area contributed by atoms with Crippen molar-refractivity contribution in [3.05, 3.63) is 23.7 Å². The fourth-order valence-corrected chi connectivity index (χ4v) is 1.97. The fraction of sp³-hybridized carbons (Fsp3) is 0.714. The molecule has 0 spiro atoms. The van der Waals surface area contributed by atoms with Crippen LogP contribution >= 0.6 is 0 Å². The van der Waals surface area contributed by atoms with Gasteiger partial charge in [0.05, 0.1) is 6.04 Å². The SMILES string of the molecule is Cc1ccc(C(C)NC(CCO)C(C)(C)C)o1. The van der Waals surface area contributed by atoms with Crippen molar-refractivity contribution in [2.24, 2.45) is 5.41 Å². The quantitative estimate of drug-likeness (QED) is 0.830. The molecule has 2 unspecified atom stereocenters. The van der Waals surface area contributed by atoms with E-state index in [4.69, 9.17) is 9.52 Å². The molecule has 0 saturated heterocycles. The van der Waals surface area contributed by atoms with E-state index in [0.29, 0.717) is 0 Å². The topological polar surface area (TPSA) is 45.4 Å². The van der Waals surface area contributed by atoms with Crippen LogP contribution in [0.3, 0.4) is 0 Å². The van der Waals surface area contributed by atoms with Gasteiger partial charge >= 0.3 is 0 Å². The van der Waals surface area contributed by atoms with Gasteiger partial charge in [-0.3, -0.25) is 0 Å². The van der Waals surface area contributed by atoms with Gasteiger partial charge in [-0.2, -0.15) is 0 Å². The minimum Gasteiger partial charge on any atom is -0.465 e. The summed E-state index contributed by atoms with van der Waals surface area (Å²) in [4.78, 5) is 0. The van der Waals surface area contributed by atoms with Crippen LogP contribution in [0.5, 0.6) is 0 Å². The van der Waals surface area contributed by atoms with Crippen molar-refractivity contribution < 1.29 is 9.52 Å². The summed E-state index contributed by atoms with van der Waals surface area (Å²) in [7, 11) is 0. The maximum Gasteiger partial charge on any atom is 0.120 e. The summed E-state index contributed by atoms with van der Waals surface area (Å²) >= 11 is 0. The summed E-state index contributed by atoms with van der Waals surface area (Å²) in [5, 5.41) is 12.7. The van der Waals surface area contributed by atoms with Crippen molar-refractivity contribution in [3.63, 3.8) is 0 Å². The van der Waals surface area contributed by atoms with Crippen LogP contribution in [0.15, 0.2) is 16.5 Å². The lowest BCUT2D eigenvalue weighted by Gasteiger charge is -2.33. The highest BCUT2D eigenvalue weighted by molar-refractivity contribution is 5.09. The molecule has 0 aliphatic carbocycles. The molecule has 2 N–H and O–H groups in total. The average Bonchev–Trinajstić information content (AvgIpc) is 2.62. The molecule has 1 aromatic rings. The Hall–Kier alpha value is -0.800. The lowest BCUT2D eigenvalue weighted by molar-refractivity contribution is 0.183. The van der Waals surface area contributed by atoms with Crippen LogP contribution in [-0.4, -0.2) is 17.8 Å². The molecule has 0 fully saturated rings. The Morgan fingerprint density at radius 2 is 2.00 bits per heavy atom. The van der Waals surface area contributed by atoms with Gasteiger partial charge in [0, 0.05) is 12.6 Å². The van der Waals surface area contributed by atoms with Gasteiger partial charge in [0.25, 0.3) is 0 Å². The Labute approximate surface area is 104 Å². The Morgan fingerprint density at radius 3 is 2.41 bits per heavy atom. The van der Waals surface area contributed by atoms with Crippen molar-refractivity contribution >= 4 is 0 Å². The normalized spacial score (nSPS) is 15.9. The van der Waals surface area contributed by atoms with E-state index in [-0.39, 0.29) is 24.1 Å². The summed E-state index contributed by atoms with van der Waals surface area (Å²) in [6.45, 7) is 10.8. The van der Waals surface area contributed by atoms with Crippen molar-refractivity contribution in [1.29, 1.82) is 0 Å². The van der Waals surface area contributed by atoms with Crippen molar-refractivity contribution in [2.75, 3.05) is 6.61 Å². The Kier molecular flexibility index (Phi) is 4.78. The maximum absolute atomic E-state index is 9.12. The third-order valence-electron chi connectivity index (χ3n) is 3.10. The van der Waals surface area contributed by atoms with Gasteiger partial charge in [-0.1, -0.05) is 20.8 Å². The molecule has 0 aromatic carbocycles. The second-order valence-corrected chi connectivity index (χ2v) is 5.77. The average molecular weight is 239 g/mol. The second-order valence-electron chi connectivity index (χ2n) is 5.77. The molecule has 0 radical (unpaired) electrons. The highest BCUT2D eigenvalue weighted by Crippen LogP contribution is 2.25. The largest absolute Gasteiger partial charge is 0.465 e. The van der Waals surface area contributed by atoms with Crippen LogP contribution in [0.4, 0.5) is 0 Å². The molecule has 17 heavy (non-hydrogen) atoms. The molecule has 2 atom stereocenters. The van der Waals surface area contributed by atoms with Crippen LogP contribution in [0.25, 0.3) is 0 Å². The monoisotopic (exact) mass is 239 g/mol. The minimum atomic E-state index is 0.124. The summed E-state index contributed by atoms with van der Waals surface area (Å²) in [6.07, 6.45) is 0.757. The van der Waals surface area contributed by atoms with Crippen LogP contribution in [0.1, 0.15) is 51.7 Å². The number of aryl methyl sites for hydroxylation is 1. The van der Waals surface area contributed by atoms with Crippen LogP contribution in [-0.2, 0) is 0 Å². The van der Waals surface area contributed by atoms with E-state index < -0.39 is 0 Å². The van der Waals surface area contributed by atoms with E-state index in [1.165, 1.54) is 0 Å². The predicted molar refractivity (Wildman–Crippen MR) is 69.9 cm³/mol. The lowest BCUT2D eigenvalue weighted by Crippen LogP contribution is -2.42. The third-order valence-corrected chi connectivity index (χ3v) is 3.10. The predicted octanol–water partition coefficient (Wildman–Crippen LogP) is 3.04. The van der Waals surface area contributed by atoms with E-state index in [2.05, 4.69) is 33.0 Å². The number of nitrogens with one attached hydrogen (secondary N) is 1. The zero-order valence-electron chi connectivity index (χ0n) is 11.6. The number of aliphatic hydroxyl groups is 1. The Morgan fingerprint density at radius 1 is 1.35 bits per heavy atom. The van der Waals surface area contributed by atoms with Gasteiger partial charge in [-0.15, -0.1) is 0 Å². The van der Waals surface area contributed by atoms with E-state index >= 15 is 0 Å². The summed E-state index contributed by atoms with van der Waals surface area (Å²) in [5.41, 5.74) is 0.124. The van der Waals surface area contributed by atoms with Crippen molar-refractivity contribution in [2.45, 2.75) is 53.1 Å². The van der Waals surface area contributed by atoms with Crippen LogP contribution in [0.2, 0.25) is 0 Å². The molecule has 98 valence electrons. The summed E-state index contributed by atoms with van der Waals surface area (Å²) in [5.74, 6) is 1.89. The summed E-state index contributed by atoms with van der Waals surface area (Å²) < 4.78 is 5.61. The highest BCUT2D eigenvalue weighted by Gasteiger charge is 2.26. The van der Waals surface area contributed by atoms with Gasteiger partial charge in [-0.25, -0.2) is 0 Å². The van der Waals surface area contributed by atoms with Crippen LogP contribution < -0.4 is 5.32 Å². The maximum atomic E-state index is 9.12. The van der Waals surface area contributed by atoms with E-state index in [9.17, 15) is 0 Å². The van der Waals surface area contributed by atoms with Gasteiger partial charge in [0.2, 0.25) is 0 Å². The zero-order valence-corrected chi connectivity index (χ0v) is 11.6. The first-order chi connectivity index (χ1) is 7.84. The van der Waals surface area contributed by atoms with Crippen molar-refractivity contribution in [3.8, 4) is 0 Å². The summed E-state index contributed by atoms with van der Waals surface area (Å²) in [6, 6.07) is 4.42. The first-order valence-electron chi connectivity index (χ1n) is 6.28. The molecular formula is C14H25NO2. The minimum absolute atomic E-state index is 0.124. The molecule has 1 heterocycles. The number of hydrogen-bond donors (Lipinski definition) is 2. The molecule has 0 bridgehead atoms. The van der Waals surface area contributed by atoms with Crippen LogP contribution in [0, 0.1) is 12.3 Å². The third kappa shape index (κ3) is 4.17.